The molecule has 0 bridgehead atoms. The van der Waals surface area contributed by atoms with Gasteiger partial charge in [-0.2, -0.15) is 0 Å². The summed E-state index contributed by atoms with van der Waals surface area (Å²) in [6.07, 6.45) is 2.68. The molecule has 0 saturated carbocycles. The fourth-order valence-corrected chi connectivity index (χ4v) is 1.69. The number of hydrogen-bond donors (Lipinski definition) is 2. The van der Waals surface area contributed by atoms with E-state index in [1.807, 2.05) is 12.1 Å². The third-order valence-electron chi connectivity index (χ3n) is 3.01. The lowest BCUT2D eigenvalue weighted by molar-refractivity contribution is 0.203. The molecule has 0 spiro atoms. The largest absolute Gasteiger partial charge is 0.384 e. The van der Waals surface area contributed by atoms with Crippen LogP contribution < -0.4 is 10.6 Å². The number of aromatic nitrogens is 1. The summed E-state index contributed by atoms with van der Waals surface area (Å²) in [5.74, 6) is 0.937. The molecule has 0 fully saturated rings. The SMILES string of the molecule is CCC(C)N(CCOC)c1ccc(C(=N)N)cn1. The summed E-state index contributed by atoms with van der Waals surface area (Å²) in [5.41, 5.74) is 6.06. The minimum Gasteiger partial charge on any atom is -0.384 e. The van der Waals surface area contributed by atoms with Crippen molar-refractivity contribution >= 4 is 11.7 Å². The fourth-order valence-electron chi connectivity index (χ4n) is 1.69. The Morgan fingerprint density at radius 2 is 2.28 bits per heavy atom. The van der Waals surface area contributed by atoms with Crippen LogP contribution >= 0.6 is 0 Å². The van der Waals surface area contributed by atoms with Crippen LogP contribution in [0.5, 0.6) is 0 Å². The summed E-state index contributed by atoms with van der Waals surface area (Å²) < 4.78 is 5.13. The van der Waals surface area contributed by atoms with Gasteiger partial charge in [0.25, 0.3) is 0 Å². The molecule has 18 heavy (non-hydrogen) atoms. The van der Waals surface area contributed by atoms with Crippen molar-refractivity contribution in [3.63, 3.8) is 0 Å². The predicted molar refractivity (Wildman–Crippen MR) is 74.2 cm³/mol. The predicted octanol–water partition coefficient (Wildman–Crippen LogP) is 1.62. The molecule has 0 aliphatic carbocycles. The zero-order valence-corrected chi connectivity index (χ0v) is 11.3. The van der Waals surface area contributed by atoms with E-state index in [4.69, 9.17) is 15.9 Å². The topological polar surface area (TPSA) is 75.2 Å². The average Bonchev–Trinajstić information content (AvgIpc) is 2.39. The first kappa shape index (κ1) is 14.4. The highest BCUT2D eigenvalue weighted by molar-refractivity contribution is 5.94. The number of methoxy groups -OCH3 is 1. The molecular formula is C13H22N4O. The van der Waals surface area contributed by atoms with Gasteiger partial charge in [0.2, 0.25) is 0 Å². The minimum absolute atomic E-state index is 0.0426. The van der Waals surface area contributed by atoms with Crippen LogP contribution in [0.3, 0.4) is 0 Å². The van der Waals surface area contributed by atoms with Gasteiger partial charge >= 0.3 is 0 Å². The van der Waals surface area contributed by atoms with Gasteiger partial charge in [0.1, 0.15) is 11.7 Å². The third-order valence-corrected chi connectivity index (χ3v) is 3.01. The van der Waals surface area contributed by atoms with Gasteiger partial charge in [0.15, 0.2) is 0 Å². The molecule has 0 aliphatic heterocycles. The number of nitrogen functional groups attached to an aromatic ring is 1. The zero-order chi connectivity index (χ0) is 13.5. The molecule has 0 saturated heterocycles. The fraction of sp³-hybridized carbons (Fsp3) is 0.538. The van der Waals surface area contributed by atoms with Gasteiger partial charge < -0.3 is 15.4 Å². The van der Waals surface area contributed by atoms with Crippen molar-refractivity contribution in [2.45, 2.75) is 26.3 Å². The molecule has 0 amide bonds. The van der Waals surface area contributed by atoms with E-state index in [1.165, 1.54) is 0 Å². The lowest BCUT2D eigenvalue weighted by Crippen LogP contribution is -2.36. The van der Waals surface area contributed by atoms with E-state index in [1.54, 1.807) is 13.3 Å². The molecule has 1 heterocycles. The molecular weight excluding hydrogens is 228 g/mol. The Morgan fingerprint density at radius 1 is 1.56 bits per heavy atom. The molecule has 1 rings (SSSR count). The first-order valence-electron chi connectivity index (χ1n) is 6.16. The van der Waals surface area contributed by atoms with Crippen LogP contribution in [0, 0.1) is 5.41 Å². The summed E-state index contributed by atoms with van der Waals surface area (Å²) in [4.78, 5) is 6.57. The van der Waals surface area contributed by atoms with E-state index >= 15 is 0 Å². The Bertz CT molecular complexity index is 377. The van der Waals surface area contributed by atoms with Gasteiger partial charge in [-0.25, -0.2) is 4.98 Å². The summed E-state index contributed by atoms with van der Waals surface area (Å²) >= 11 is 0. The number of pyridine rings is 1. The van der Waals surface area contributed by atoms with Crippen LogP contribution in [0.15, 0.2) is 18.3 Å². The Morgan fingerprint density at radius 3 is 2.72 bits per heavy atom. The van der Waals surface area contributed by atoms with Crippen molar-refractivity contribution in [2.24, 2.45) is 5.73 Å². The molecule has 1 unspecified atom stereocenters. The van der Waals surface area contributed by atoms with Gasteiger partial charge in [-0.15, -0.1) is 0 Å². The molecule has 0 radical (unpaired) electrons. The normalized spacial score (nSPS) is 12.2. The van der Waals surface area contributed by atoms with Crippen molar-refractivity contribution in [1.82, 2.24) is 4.98 Å². The number of hydrogen-bond acceptors (Lipinski definition) is 4. The van der Waals surface area contributed by atoms with Gasteiger partial charge in [-0.05, 0) is 25.5 Å². The second-order valence-corrected chi connectivity index (χ2v) is 4.26. The average molecular weight is 250 g/mol. The number of ether oxygens (including phenoxy) is 1. The van der Waals surface area contributed by atoms with Crippen molar-refractivity contribution in [3.05, 3.63) is 23.9 Å². The number of anilines is 1. The van der Waals surface area contributed by atoms with Crippen LogP contribution in [0.4, 0.5) is 5.82 Å². The quantitative estimate of drug-likeness (QED) is 0.569. The van der Waals surface area contributed by atoms with E-state index in [9.17, 15) is 0 Å². The first-order chi connectivity index (χ1) is 8.60. The number of nitrogens with two attached hydrogens (primary N) is 1. The lowest BCUT2D eigenvalue weighted by Gasteiger charge is -2.29. The maximum Gasteiger partial charge on any atom is 0.128 e. The zero-order valence-electron chi connectivity index (χ0n) is 11.3. The van der Waals surface area contributed by atoms with Gasteiger partial charge in [0.05, 0.1) is 6.61 Å². The minimum atomic E-state index is 0.0426. The van der Waals surface area contributed by atoms with Crippen LogP contribution in [0.2, 0.25) is 0 Å². The molecule has 5 nitrogen and oxygen atoms in total. The highest BCUT2D eigenvalue weighted by Gasteiger charge is 2.13. The summed E-state index contributed by atoms with van der Waals surface area (Å²) in [7, 11) is 1.70. The standard InChI is InChI=1S/C13H22N4O/c1-4-10(2)17(7-8-18-3)12-6-5-11(9-16-12)13(14)15/h5-6,9-10H,4,7-8H2,1-3H3,(H3,14,15). The lowest BCUT2D eigenvalue weighted by atomic mass is 10.2. The Balaban J connectivity index is 2.87. The van der Waals surface area contributed by atoms with E-state index in [2.05, 4.69) is 23.7 Å². The van der Waals surface area contributed by atoms with Crippen LogP contribution in [0.25, 0.3) is 0 Å². The van der Waals surface area contributed by atoms with E-state index in [0.29, 0.717) is 18.2 Å². The summed E-state index contributed by atoms with van der Waals surface area (Å²) in [5, 5.41) is 7.35. The van der Waals surface area contributed by atoms with Gasteiger partial charge in [0, 0.05) is 31.5 Å². The Hall–Kier alpha value is -1.62. The summed E-state index contributed by atoms with van der Waals surface area (Å²) in [6, 6.07) is 4.13. The Labute approximate surface area is 108 Å². The molecule has 100 valence electrons. The molecule has 1 atom stereocenters. The van der Waals surface area contributed by atoms with Crippen LogP contribution in [-0.2, 0) is 4.74 Å². The van der Waals surface area contributed by atoms with E-state index in [0.717, 1.165) is 18.8 Å². The molecule has 0 aromatic carbocycles. The molecule has 5 heteroatoms. The maximum atomic E-state index is 7.35. The second-order valence-electron chi connectivity index (χ2n) is 4.26. The summed E-state index contributed by atoms with van der Waals surface area (Å²) in [6.45, 7) is 5.78. The molecule has 3 N–H and O–H groups in total. The number of rotatable bonds is 7. The van der Waals surface area contributed by atoms with Crippen molar-refractivity contribution in [2.75, 3.05) is 25.2 Å². The maximum absolute atomic E-state index is 7.35. The van der Waals surface area contributed by atoms with Gasteiger partial charge in [-0.1, -0.05) is 6.92 Å². The third kappa shape index (κ3) is 3.70. The highest BCUT2D eigenvalue weighted by Crippen LogP contribution is 2.16. The first-order valence-corrected chi connectivity index (χ1v) is 6.16. The van der Waals surface area contributed by atoms with Crippen molar-refractivity contribution < 1.29 is 4.74 Å². The number of nitrogens with zero attached hydrogens (tertiary/aromatic N) is 2. The van der Waals surface area contributed by atoms with Crippen molar-refractivity contribution in [3.8, 4) is 0 Å². The van der Waals surface area contributed by atoms with E-state index in [-0.39, 0.29) is 5.84 Å². The van der Waals surface area contributed by atoms with Gasteiger partial charge in [-0.3, -0.25) is 5.41 Å². The van der Waals surface area contributed by atoms with Crippen molar-refractivity contribution in [1.29, 1.82) is 5.41 Å². The van der Waals surface area contributed by atoms with E-state index < -0.39 is 0 Å². The second kappa shape index (κ2) is 6.96. The molecule has 1 aromatic rings. The molecule has 0 aliphatic rings. The monoisotopic (exact) mass is 250 g/mol. The van der Waals surface area contributed by atoms with Crippen LogP contribution in [0.1, 0.15) is 25.8 Å². The molecule has 1 aromatic heterocycles. The Kier molecular flexibility index (Phi) is 5.58. The highest BCUT2D eigenvalue weighted by atomic mass is 16.5. The van der Waals surface area contributed by atoms with Crippen LogP contribution in [-0.4, -0.2) is 37.1 Å². The number of amidine groups is 1. The number of nitrogens with one attached hydrogen (secondary N) is 1. The smallest absolute Gasteiger partial charge is 0.128 e.